The van der Waals surface area contributed by atoms with Crippen molar-refractivity contribution < 1.29 is 19.1 Å². The van der Waals surface area contributed by atoms with Crippen LogP contribution in [0.15, 0.2) is 47.1 Å². The average molecular weight is 326 g/mol. The molecule has 0 fully saturated rings. The Kier molecular flexibility index (Phi) is 4.48. The van der Waals surface area contributed by atoms with E-state index in [9.17, 15) is 9.90 Å². The quantitative estimate of drug-likeness (QED) is 0.753. The van der Waals surface area contributed by atoms with Crippen molar-refractivity contribution in [3.8, 4) is 5.75 Å². The summed E-state index contributed by atoms with van der Waals surface area (Å²) in [6.07, 6.45) is 0.583. The Balaban J connectivity index is 1.86. The summed E-state index contributed by atoms with van der Waals surface area (Å²) < 4.78 is 10.3. The van der Waals surface area contributed by atoms with Gasteiger partial charge in [-0.05, 0) is 43.3 Å². The SMILES string of the molecule is COc1ccc2nc(C)cc(C(=O)NCC(O)c3ccco3)c2c1. The molecule has 0 bridgehead atoms. The van der Waals surface area contributed by atoms with Crippen LogP contribution >= 0.6 is 0 Å². The van der Waals surface area contributed by atoms with E-state index in [1.165, 1.54) is 6.26 Å². The Morgan fingerprint density at radius 1 is 1.38 bits per heavy atom. The molecule has 0 aliphatic carbocycles. The van der Waals surface area contributed by atoms with Gasteiger partial charge in [0.1, 0.15) is 17.6 Å². The van der Waals surface area contributed by atoms with Gasteiger partial charge in [0.25, 0.3) is 5.91 Å². The summed E-state index contributed by atoms with van der Waals surface area (Å²) >= 11 is 0. The third-order valence-electron chi connectivity index (χ3n) is 3.72. The molecule has 1 atom stereocenters. The predicted molar refractivity (Wildman–Crippen MR) is 89.0 cm³/mol. The second kappa shape index (κ2) is 6.72. The molecule has 0 spiro atoms. The molecule has 1 amide bonds. The van der Waals surface area contributed by atoms with E-state index in [1.807, 2.05) is 13.0 Å². The second-order valence-corrected chi connectivity index (χ2v) is 5.44. The largest absolute Gasteiger partial charge is 0.497 e. The monoisotopic (exact) mass is 326 g/mol. The van der Waals surface area contributed by atoms with Gasteiger partial charge in [0.2, 0.25) is 0 Å². The van der Waals surface area contributed by atoms with Gasteiger partial charge in [0, 0.05) is 11.1 Å². The number of benzene rings is 1. The zero-order valence-corrected chi connectivity index (χ0v) is 13.4. The molecule has 0 aliphatic heterocycles. The van der Waals surface area contributed by atoms with Crippen LogP contribution in [0.5, 0.6) is 5.75 Å². The van der Waals surface area contributed by atoms with Gasteiger partial charge in [-0.2, -0.15) is 0 Å². The number of rotatable bonds is 5. The fraction of sp³-hybridized carbons (Fsp3) is 0.222. The number of hydrogen-bond acceptors (Lipinski definition) is 5. The van der Waals surface area contributed by atoms with Gasteiger partial charge >= 0.3 is 0 Å². The summed E-state index contributed by atoms with van der Waals surface area (Å²) in [5.74, 6) is 0.773. The Morgan fingerprint density at radius 3 is 2.92 bits per heavy atom. The third-order valence-corrected chi connectivity index (χ3v) is 3.72. The molecule has 2 N–H and O–H groups in total. The normalized spacial score (nSPS) is 12.1. The number of ether oxygens (including phenoxy) is 1. The van der Waals surface area contributed by atoms with Crippen molar-refractivity contribution in [1.82, 2.24) is 10.3 Å². The maximum atomic E-state index is 12.6. The highest BCUT2D eigenvalue weighted by atomic mass is 16.5. The van der Waals surface area contributed by atoms with Crippen LogP contribution in [0.1, 0.15) is 27.9 Å². The number of furan rings is 1. The topological polar surface area (TPSA) is 84.6 Å². The Hall–Kier alpha value is -2.86. The van der Waals surface area contributed by atoms with Crippen LogP contribution in [0.4, 0.5) is 0 Å². The first-order valence-corrected chi connectivity index (χ1v) is 7.53. The van der Waals surface area contributed by atoms with Crippen LogP contribution < -0.4 is 10.1 Å². The molecule has 2 heterocycles. The summed E-state index contributed by atoms with van der Waals surface area (Å²) in [6.45, 7) is 1.89. The maximum Gasteiger partial charge on any atom is 0.252 e. The lowest BCUT2D eigenvalue weighted by Crippen LogP contribution is -2.28. The first kappa shape index (κ1) is 16.0. The van der Waals surface area contributed by atoms with E-state index in [0.29, 0.717) is 28.0 Å². The van der Waals surface area contributed by atoms with Crippen LogP contribution in [-0.4, -0.2) is 29.7 Å². The van der Waals surface area contributed by atoms with Crippen molar-refractivity contribution in [3.63, 3.8) is 0 Å². The summed E-state index contributed by atoms with van der Waals surface area (Å²) in [6, 6.07) is 10.5. The van der Waals surface area contributed by atoms with Crippen LogP contribution in [0.25, 0.3) is 10.9 Å². The molecule has 2 aromatic heterocycles. The number of hydrogen-bond donors (Lipinski definition) is 2. The first-order valence-electron chi connectivity index (χ1n) is 7.53. The van der Waals surface area contributed by atoms with E-state index < -0.39 is 6.10 Å². The summed E-state index contributed by atoms with van der Waals surface area (Å²) in [5.41, 5.74) is 1.94. The molecule has 6 nitrogen and oxygen atoms in total. The number of pyridine rings is 1. The minimum absolute atomic E-state index is 0.0547. The lowest BCUT2D eigenvalue weighted by molar-refractivity contribution is 0.0902. The number of aliphatic hydroxyl groups excluding tert-OH is 1. The van der Waals surface area contributed by atoms with E-state index in [2.05, 4.69) is 10.3 Å². The zero-order chi connectivity index (χ0) is 17.1. The van der Waals surface area contributed by atoms with Crippen LogP contribution in [0.2, 0.25) is 0 Å². The molecule has 124 valence electrons. The number of methoxy groups -OCH3 is 1. The van der Waals surface area contributed by atoms with Crippen LogP contribution in [0.3, 0.4) is 0 Å². The molecule has 3 rings (SSSR count). The first-order chi connectivity index (χ1) is 11.6. The molecule has 1 unspecified atom stereocenters. The molecule has 0 aliphatic rings. The van der Waals surface area contributed by atoms with Crippen LogP contribution in [-0.2, 0) is 0 Å². The van der Waals surface area contributed by atoms with Gasteiger partial charge in [-0.3, -0.25) is 9.78 Å². The minimum Gasteiger partial charge on any atom is -0.497 e. The predicted octanol–water partition coefficient (Wildman–Crippen LogP) is 2.61. The van der Waals surface area contributed by atoms with E-state index >= 15 is 0 Å². The van der Waals surface area contributed by atoms with Crippen molar-refractivity contribution in [2.45, 2.75) is 13.0 Å². The molecular formula is C18H18N2O4. The van der Waals surface area contributed by atoms with Crippen molar-refractivity contribution in [3.05, 3.63) is 59.7 Å². The van der Waals surface area contributed by atoms with Crippen molar-refractivity contribution >= 4 is 16.8 Å². The van der Waals surface area contributed by atoms with E-state index in [1.54, 1.807) is 37.4 Å². The molecule has 3 aromatic rings. The number of aryl methyl sites for hydroxylation is 1. The lowest BCUT2D eigenvalue weighted by Gasteiger charge is -2.12. The molecule has 0 saturated heterocycles. The molecule has 0 saturated carbocycles. The Bertz CT molecular complexity index is 859. The van der Waals surface area contributed by atoms with Gasteiger partial charge in [-0.15, -0.1) is 0 Å². The average Bonchev–Trinajstić information content (AvgIpc) is 3.13. The number of carbonyl (C=O) groups is 1. The number of amides is 1. The minimum atomic E-state index is -0.896. The number of nitrogens with zero attached hydrogens (tertiary/aromatic N) is 1. The molecule has 24 heavy (non-hydrogen) atoms. The second-order valence-electron chi connectivity index (χ2n) is 5.44. The van der Waals surface area contributed by atoms with Crippen molar-refractivity contribution in [2.24, 2.45) is 0 Å². The van der Waals surface area contributed by atoms with Gasteiger partial charge in [0.15, 0.2) is 0 Å². The molecule has 6 heteroatoms. The highest BCUT2D eigenvalue weighted by Gasteiger charge is 2.16. The van der Waals surface area contributed by atoms with Crippen molar-refractivity contribution in [1.29, 1.82) is 0 Å². The Labute approximate surface area is 139 Å². The van der Waals surface area contributed by atoms with E-state index in [4.69, 9.17) is 9.15 Å². The molecule has 1 aromatic carbocycles. The van der Waals surface area contributed by atoms with E-state index in [-0.39, 0.29) is 12.5 Å². The van der Waals surface area contributed by atoms with Gasteiger partial charge in [0.05, 0.1) is 31.0 Å². The van der Waals surface area contributed by atoms with E-state index in [0.717, 1.165) is 5.69 Å². The highest BCUT2D eigenvalue weighted by molar-refractivity contribution is 6.06. The number of carbonyl (C=O) groups excluding carboxylic acids is 1. The zero-order valence-electron chi connectivity index (χ0n) is 13.4. The van der Waals surface area contributed by atoms with Gasteiger partial charge in [-0.25, -0.2) is 0 Å². The number of fused-ring (bicyclic) bond motifs is 1. The van der Waals surface area contributed by atoms with Gasteiger partial charge in [-0.1, -0.05) is 0 Å². The number of aromatic nitrogens is 1. The smallest absolute Gasteiger partial charge is 0.252 e. The fourth-order valence-electron chi connectivity index (χ4n) is 2.52. The van der Waals surface area contributed by atoms with Gasteiger partial charge < -0.3 is 19.6 Å². The number of nitrogens with one attached hydrogen (secondary N) is 1. The maximum absolute atomic E-state index is 12.6. The summed E-state index contributed by atoms with van der Waals surface area (Å²) in [5, 5.41) is 13.4. The molecular weight excluding hydrogens is 308 g/mol. The standard InChI is InChI=1S/C18H18N2O4/c1-11-8-14(13-9-12(23-2)5-6-15(13)20-11)18(22)19-10-16(21)17-4-3-7-24-17/h3-9,16,21H,10H2,1-2H3,(H,19,22). The fourth-order valence-corrected chi connectivity index (χ4v) is 2.52. The third kappa shape index (κ3) is 3.23. The highest BCUT2D eigenvalue weighted by Crippen LogP contribution is 2.24. The van der Waals surface area contributed by atoms with Crippen molar-refractivity contribution in [2.75, 3.05) is 13.7 Å². The number of aliphatic hydroxyl groups is 1. The Morgan fingerprint density at radius 2 is 2.21 bits per heavy atom. The van der Waals surface area contributed by atoms with Crippen LogP contribution in [0, 0.1) is 6.92 Å². The molecule has 0 radical (unpaired) electrons. The summed E-state index contributed by atoms with van der Waals surface area (Å²) in [4.78, 5) is 17.0. The lowest BCUT2D eigenvalue weighted by atomic mass is 10.1. The summed E-state index contributed by atoms with van der Waals surface area (Å²) in [7, 11) is 1.57.